The molecular formula is C16H15NO2S. The minimum atomic E-state index is 0.0293. The predicted molar refractivity (Wildman–Crippen MR) is 80.8 cm³/mol. The molecule has 0 saturated heterocycles. The van der Waals surface area contributed by atoms with Gasteiger partial charge in [-0.3, -0.25) is 9.59 Å². The molecule has 0 atom stereocenters. The maximum Gasteiger partial charge on any atom is 0.268 e. The number of ketones is 1. The number of hydrogen-bond acceptors (Lipinski definition) is 3. The number of carbonyl (C=O) groups is 2. The Bertz CT molecular complexity index is 661. The number of fused-ring (bicyclic) bond motifs is 1. The molecule has 2 heterocycles. The summed E-state index contributed by atoms with van der Waals surface area (Å²) in [5.41, 5.74) is 2.70. The molecule has 102 valence electrons. The Kier molecular flexibility index (Phi) is 3.40. The van der Waals surface area contributed by atoms with Crippen molar-refractivity contribution >= 4 is 28.7 Å². The maximum atomic E-state index is 12.6. The Morgan fingerprint density at radius 2 is 2.10 bits per heavy atom. The molecule has 1 aromatic carbocycles. The molecule has 4 heteroatoms. The largest absolute Gasteiger partial charge is 0.307 e. The van der Waals surface area contributed by atoms with E-state index < -0.39 is 0 Å². The first-order valence-electron chi connectivity index (χ1n) is 6.66. The van der Waals surface area contributed by atoms with Gasteiger partial charge in [0, 0.05) is 17.8 Å². The lowest BCUT2D eigenvalue weighted by atomic mass is 9.98. The molecule has 0 bridgehead atoms. The van der Waals surface area contributed by atoms with Gasteiger partial charge in [-0.25, -0.2) is 0 Å². The van der Waals surface area contributed by atoms with Gasteiger partial charge >= 0.3 is 0 Å². The third kappa shape index (κ3) is 2.27. The quantitative estimate of drug-likeness (QED) is 0.791. The van der Waals surface area contributed by atoms with E-state index in [9.17, 15) is 9.59 Å². The van der Waals surface area contributed by atoms with Crippen molar-refractivity contribution in [3.05, 3.63) is 51.7 Å². The predicted octanol–water partition coefficient (Wildman–Crippen LogP) is 3.54. The number of amides is 1. The number of aryl methyl sites for hydroxylation is 1. The second-order valence-corrected chi connectivity index (χ2v) is 5.89. The van der Waals surface area contributed by atoms with Crippen molar-refractivity contribution in [2.45, 2.75) is 19.8 Å². The van der Waals surface area contributed by atoms with E-state index >= 15 is 0 Å². The van der Waals surface area contributed by atoms with Crippen LogP contribution in [0.25, 0.3) is 0 Å². The molecule has 1 aliphatic heterocycles. The summed E-state index contributed by atoms with van der Waals surface area (Å²) >= 11 is 1.45. The van der Waals surface area contributed by atoms with Gasteiger partial charge in [-0.1, -0.05) is 18.2 Å². The first kappa shape index (κ1) is 13.1. The minimum absolute atomic E-state index is 0.0293. The van der Waals surface area contributed by atoms with Crippen LogP contribution in [0.1, 0.15) is 38.9 Å². The molecule has 0 unspecified atom stereocenters. The van der Waals surface area contributed by atoms with E-state index in [2.05, 4.69) is 0 Å². The Labute approximate surface area is 121 Å². The summed E-state index contributed by atoms with van der Waals surface area (Å²) in [6.07, 6.45) is 1.92. The van der Waals surface area contributed by atoms with Crippen LogP contribution in [0.2, 0.25) is 0 Å². The van der Waals surface area contributed by atoms with Crippen molar-refractivity contribution in [2.75, 3.05) is 11.4 Å². The van der Waals surface area contributed by atoms with Crippen molar-refractivity contribution in [3.8, 4) is 0 Å². The van der Waals surface area contributed by atoms with Gasteiger partial charge in [-0.15, -0.1) is 11.3 Å². The van der Waals surface area contributed by atoms with Gasteiger partial charge in [0.2, 0.25) is 0 Å². The molecule has 1 aromatic heterocycles. The molecule has 0 spiro atoms. The smallest absolute Gasteiger partial charge is 0.268 e. The van der Waals surface area contributed by atoms with Crippen molar-refractivity contribution in [1.82, 2.24) is 0 Å². The number of thiophene rings is 1. The van der Waals surface area contributed by atoms with E-state index in [1.165, 1.54) is 11.3 Å². The summed E-state index contributed by atoms with van der Waals surface area (Å²) in [7, 11) is 0. The van der Waals surface area contributed by atoms with Crippen LogP contribution in [0, 0.1) is 0 Å². The van der Waals surface area contributed by atoms with Crippen molar-refractivity contribution < 1.29 is 9.59 Å². The normalized spacial score (nSPS) is 13.9. The summed E-state index contributed by atoms with van der Waals surface area (Å²) in [6.45, 7) is 2.26. The summed E-state index contributed by atoms with van der Waals surface area (Å²) in [5.74, 6) is 0.0588. The Balaban J connectivity index is 2.02. The molecule has 20 heavy (non-hydrogen) atoms. The zero-order valence-corrected chi connectivity index (χ0v) is 12.1. The third-order valence-electron chi connectivity index (χ3n) is 3.59. The fourth-order valence-electron chi connectivity index (χ4n) is 2.54. The molecule has 0 aliphatic carbocycles. The third-order valence-corrected chi connectivity index (χ3v) is 4.45. The fraction of sp³-hybridized carbons (Fsp3) is 0.250. The average Bonchev–Trinajstić information content (AvgIpc) is 2.99. The second-order valence-electron chi connectivity index (χ2n) is 4.94. The van der Waals surface area contributed by atoms with Gasteiger partial charge in [0.1, 0.15) is 0 Å². The van der Waals surface area contributed by atoms with E-state index in [1.54, 1.807) is 11.8 Å². The summed E-state index contributed by atoms with van der Waals surface area (Å²) < 4.78 is 0. The topological polar surface area (TPSA) is 37.4 Å². The number of carbonyl (C=O) groups excluding carboxylic acids is 2. The van der Waals surface area contributed by atoms with Gasteiger partial charge in [0.15, 0.2) is 5.78 Å². The van der Waals surface area contributed by atoms with Gasteiger partial charge in [-0.2, -0.15) is 0 Å². The van der Waals surface area contributed by atoms with E-state index in [0.29, 0.717) is 12.1 Å². The van der Waals surface area contributed by atoms with Gasteiger partial charge in [0.05, 0.1) is 4.88 Å². The summed E-state index contributed by atoms with van der Waals surface area (Å²) in [6, 6.07) is 9.40. The highest BCUT2D eigenvalue weighted by atomic mass is 32.1. The number of hydrogen-bond donors (Lipinski definition) is 0. The number of anilines is 1. The lowest BCUT2D eigenvalue weighted by molar-refractivity contribution is 0.0984. The second kappa shape index (κ2) is 5.21. The standard InChI is InChI=1S/C16H15NO2S/c1-11(18)13-7-6-12-4-2-8-17(14(12)10-13)16(19)15-5-3-9-20-15/h3,5-7,9-10H,2,4,8H2,1H3. The van der Waals surface area contributed by atoms with Gasteiger partial charge in [0.25, 0.3) is 5.91 Å². The molecule has 1 amide bonds. The van der Waals surface area contributed by atoms with Crippen LogP contribution in [0.5, 0.6) is 0 Å². The SMILES string of the molecule is CC(=O)c1ccc2c(c1)N(C(=O)c1cccs1)CCC2. The van der Waals surface area contributed by atoms with Gasteiger partial charge < -0.3 is 4.90 Å². The molecule has 0 N–H and O–H groups in total. The number of Topliss-reactive ketones (excluding diaryl/α,β-unsaturated/α-hetero) is 1. The first-order valence-corrected chi connectivity index (χ1v) is 7.54. The van der Waals surface area contributed by atoms with Crippen molar-refractivity contribution in [2.24, 2.45) is 0 Å². The minimum Gasteiger partial charge on any atom is -0.307 e. The van der Waals surface area contributed by atoms with E-state index in [1.807, 2.05) is 35.7 Å². The zero-order chi connectivity index (χ0) is 14.1. The van der Waals surface area contributed by atoms with E-state index in [-0.39, 0.29) is 11.7 Å². The lowest BCUT2D eigenvalue weighted by Crippen LogP contribution is -2.35. The highest BCUT2D eigenvalue weighted by Gasteiger charge is 2.24. The molecule has 0 fully saturated rings. The van der Waals surface area contributed by atoms with Crippen LogP contribution in [0.3, 0.4) is 0 Å². The van der Waals surface area contributed by atoms with Crippen LogP contribution in [0.4, 0.5) is 5.69 Å². The molecule has 1 aliphatic rings. The Morgan fingerprint density at radius 3 is 2.80 bits per heavy atom. The fourth-order valence-corrected chi connectivity index (χ4v) is 3.21. The first-order chi connectivity index (χ1) is 9.66. The number of rotatable bonds is 2. The summed E-state index contributed by atoms with van der Waals surface area (Å²) in [4.78, 5) is 26.6. The van der Waals surface area contributed by atoms with E-state index in [4.69, 9.17) is 0 Å². The van der Waals surface area contributed by atoms with Crippen LogP contribution in [0.15, 0.2) is 35.7 Å². The van der Waals surface area contributed by atoms with E-state index in [0.717, 1.165) is 29.0 Å². The highest BCUT2D eigenvalue weighted by molar-refractivity contribution is 7.12. The molecule has 3 rings (SSSR count). The van der Waals surface area contributed by atoms with Crippen molar-refractivity contribution in [3.63, 3.8) is 0 Å². The lowest BCUT2D eigenvalue weighted by Gasteiger charge is -2.29. The average molecular weight is 285 g/mol. The number of benzene rings is 1. The van der Waals surface area contributed by atoms with Crippen LogP contribution < -0.4 is 4.90 Å². The maximum absolute atomic E-state index is 12.6. The number of nitrogens with zero attached hydrogens (tertiary/aromatic N) is 1. The van der Waals surface area contributed by atoms with Crippen molar-refractivity contribution in [1.29, 1.82) is 0 Å². The van der Waals surface area contributed by atoms with Crippen LogP contribution >= 0.6 is 11.3 Å². The Morgan fingerprint density at radius 1 is 1.25 bits per heavy atom. The van der Waals surface area contributed by atoms with Crippen LogP contribution in [-0.2, 0) is 6.42 Å². The van der Waals surface area contributed by atoms with Gasteiger partial charge in [-0.05, 0) is 42.8 Å². The highest BCUT2D eigenvalue weighted by Crippen LogP contribution is 2.30. The van der Waals surface area contributed by atoms with Crippen LogP contribution in [-0.4, -0.2) is 18.2 Å². The Hall–Kier alpha value is -1.94. The molecular weight excluding hydrogens is 270 g/mol. The molecule has 3 nitrogen and oxygen atoms in total. The molecule has 0 radical (unpaired) electrons. The molecule has 2 aromatic rings. The monoisotopic (exact) mass is 285 g/mol. The molecule has 0 saturated carbocycles. The zero-order valence-electron chi connectivity index (χ0n) is 11.3. The summed E-state index contributed by atoms with van der Waals surface area (Å²) in [5, 5.41) is 1.91.